The highest BCUT2D eigenvalue weighted by Crippen LogP contribution is 2.31. The van der Waals surface area contributed by atoms with Gasteiger partial charge in [0.25, 0.3) is 0 Å². The van der Waals surface area contributed by atoms with Gasteiger partial charge in [0, 0.05) is 12.6 Å². The van der Waals surface area contributed by atoms with E-state index in [0.717, 1.165) is 30.5 Å². The van der Waals surface area contributed by atoms with Crippen molar-refractivity contribution >= 4 is 0 Å². The molecule has 0 atom stereocenters. The van der Waals surface area contributed by atoms with Gasteiger partial charge in [-0.25, -0.2) is 0 Å². The van der Waals surface area contributed by atoms with Gasteiger partial charge in [0.1, 0.15) is 11.5 Å². The van der Waals surface area contributed by atoms with E-state index >= 15 is 0 Å². The molecule has 3 heteroatoms. The molecule has 94 valence electrons. The molecule has 1 saturated carbocycles. The molecule has 1 aliphatic rings. The summed E-state index contributed by atoms with van der Waals surface area (Å²) >= 11 is 0. The minimum Gasteiger partial charge on any atom is -0.497 e. The maximum absolute atomic E-state index is 5.24. The van der Waals surface area contributed by atoms with Crippen LogP contribution in [0.15, 0.2) is 18.2 Å². The lowest BCUT2D eigenvalue weighted by atomic mass is 10.2. The fourth-order valence-corrected chi connectivity index (χ4v) is 1.91. The molecule has 1 aromatic rings. The second-order valence-electron chi connectivity index (χ2n) is 4.63. The summed E-state index contributed by atoms with van der Waals surface area (Å²) in [6.45, 7) is 1.98. The molecule has 3 nitrogen and oxygen atoms in total. The summed E-state index contributed by atoms with van der Waals surface area (Å²) in [4.78, 5) is 0. The molecule has 1 fully saturated rings. The summed E-state index contributed by atoms with van der Waals surface area (Å²) in [7, 11) is 3.36. The molecule has 0 aliphatic heterocycles. The van der Waals surface area contributed by atoms with Crippen molar-refractivity contribution in [3.05, 3.63) is 23.8 Å². The largest absolute Gasteiger partial charge is 0.497 e. The molecule has 0 bridgehead atoms. The molecule has 0 unspecified atom stereocenters. The number of hydrogen-bond acceptors (Lipinski definition) is 3. The number of hydrogen-bond donors (Lipinski definition) is 1. The van der Waals surface area contributed by atoms with E-state index in [4.69, 9.17) is 9.47 Å². The number of nitrogens with one attached hydrogen (secondary N) is 1. The average molecular weight is 235 g/mol. The quantitative estimate of drug-likeness (QED) is 0.737. The number of benzene rings is 1. The summed E-state index contributed by atoms with van der Waals surface area (Å²) < 4.78 is 10.5. The second kappa shape index (κ2) is 5.92. The average Bonchev–Trinajstić information content (AvgIpc) is 3.18. The van der Waals surface area contributed by atoms with E-state index in [1.807, 2.05) is 18.2 Å². The van der Waals surface area contributed by atoms with Crippen LogP contribution in [0.25, 0.3) is 0 Å². The lowest BCUT2D eigenvalue weighted by Gasteiger charge is -2.09. The van der Waals surface area contributed by atoms with Crippen LogP contribution in [0.5, 0.6) is 11.5 Å². The van der Waals surface area contributed by atoms with Crippen molar-refractivity contribution in [1.29, 1.82) is 0 Å². The first-order valence-electron chi connectivity index (χ1n) is 6.24. The van der Waals surface area contributed by atoms with Gasteiger partial charge in [-0.2, -0.15) is 0 Å². The Balaban J connectivity index is 1.84. The van der Waals surface area contributed by atoms with Crippen LogP contribution in [-0.4, -0.2) is 20.8 Å². The van der Waals surface area contributed by atoms with Crippen LogP contribution in [0.1, 0.15) is 24.8 Å². The molecule has 0 radical (unpaired) electrons. The van der Waals surface area contributed by atoms with E-state index in [0.29, 0.717) is 0 Å². The Morgan fingerprint density at radius 1 is 1.12 bits per heavy atom. The van der Waals surface area contributed by atoms with Crippen LogP contribution in [0.2, 0.25) is 0 Å². The van der Waals surface area contributed by atoms with Gasteiger partial charge in [-0.1, -0.05) is 12.8 Å². The standard InChI is InChI=1S/C14H21NO2/c1-16-13-7-12(8-14(9-13)17-2)10-15-6-5-11-3-4-11/h7-9,11,15H,3-6,10H2,1-2H3. The van der Waals surface area contributed by atoms with Crippen LogP contribution in [0.4, 0.5) is 0 Å². The third-order valence-electron chi connectivity index (χ3n) is 3.17. The second-order valence-corrected chi connectivity index (χ2v) is 4.63. The molecule has 1 N–H and O–H groups in total. The Kier molecular flexibility index (Phi) is 4.26. The number of rotatable bonds is 7. The first-order valence-corrected chi connectivity index (χ1v) is 6.24. The predicted octanol–water partition coefficient (Wildman–Crippen LogP) is 2.59. The SMILES string of the molecule is COc1cc(CNCCC2CC2)cc(OC)c1. The van der Waals surface area contributed by atoms with Crippen molar-refractivity contribution in [2.45, 2.75) is 25.8 Å². The zero-order chi connectivity index (χ0) is 12.1. The van der Waals surface area contributed by atoms with Crippen molar-refractivity contribution in [1.82, 2.24) is 5.32 Å². The van der Waals surface area contributed by atoms with Crippen LogP contribution in [-0.2, 0) is 6.54 Å². The molecule has 1 aliphatic carbocycles. The zero-order valence-electron chi connectivity index (χ0n) is 10.7. The Bertz CT molecular complexity index is 339. The van der Waals surface area contributed by atoms with Gasteiger partial charge in [0.2, 0.25) is 0 Å². The van der Waals surface area contributed by atoms with Crippen molar-refractivity contribution in [3.63, 3.8) is 0 Å². The van der Waals surface area contributed by atoms with E-state index in [-0.39, 0.29) is 0 Å². The maximum atomic E-state index is 5.24. The molecule has 2 rings (SSSR count). The molecular formula is C14H21NO2. The summed E-state index contributed by atoms with van der Waals surface area (Å²) in [5, 5.41) is 3.46. The highest BCUT2D eigenvalue weighted by Gasteiger charge is 2.19. The molecular weight excluding hydrogens is 214 g/mol. The van der Waals surface area contributed by atoms with Crippen LogP contribution in [0.3, 0.4) is 0 Å². The topological polar surface area (TPSA) is 30.5 Å². The third-order valence-corrected chi connectivity index (χ3v) is 3.17. The van der Waals surface area contributed by atoms with E-state index < -0.39 is 0 Å². The minimum absolute atomic E-state index is 0.850. The van der Waals surface area contributed by atoms with Crippen LogP contribution >= 0.6 is 0 Å². The van der Waals surface area contributed by atoms with Crippen molar-refractivity contribution < 1.29 is 9.47 Å². The number of ether oxygens (including phenoxy) is 2. The van der Waals surface area contributed by atoms with Gasteiger partial charge in [0.15, 0.2) is 0 Å². The molecule has 1 aromatic carbocycles. The zero-order valence-corrected chi connectivity index (χ0v) is 10.7. The molecule has 17 heavy (non-hydrogen) atoms. The van der Waals surface area contributed by atoms with Crippen LogP contribution in [0, 0.1) is 5.92 Å². The Morgan fingerprint density at radius 2 is 1.76 bits per heavy atom. The van der Waals surface area contributed by atoms with Gasteiger partial charge < -0.3 is 14.8 Å². The highest BCUT2D eigenvalue weighted by atomic mass is 16.5. The molecule has 0 spiro atoms. The first-order chi connectivity index (χ1) is 8.31. The fourth-order valence-electron chi connectivity index (χ4n) is 1.91. The number of methoxy groups -OCH3 is 2. The summed E-state index contributed by atoms with van der Waals surface area (Å²) in [6, 6.07) is 5.99. The molecule has 0 amide bonds. The molecule has 0 heterocycles. The van der Waals surface area contributed by atoms with E-state index in [1.165, 1.54) is 24.8 Å². The Hall–Kier alpha value is -1.22. The third kappa shape index (κ3) is 3.93. The van der Waals surface area contributed by atoms with E-state index in [2.05, 4.69) is 5.32 Å². The lowest BCUT2D eigenvalue weighted by Crippen LogP contribution is -2.15. The summed E-state index contributed by atoms with van der Waals surface area (Å²) in [6.07, 6.45) is 4.16. The van der Waals surface area contributed by atoms with Crippen molar-refractivity contribution in [3.8, 4) is 11.5 Å². The summed E-state index contributed by atoms with van der Waals surface area (Å²) in [5.74, 6) is 2.69. The fraction of sp³-hybridized carbons (Fsp3) is 0.571. The predicted molar refractivity (Wildman–Crippen MR) is 68.6 cm³/mol. The van der Waals surface area contributed by atoms with Crippen molar-refractivity contribution in [2.24, 2.45) is 5.92 Å². The highest BCUT2D eigenvalue weighted by molar-refractivity contribution is 5.38. The Morgan fingerprint density at radius 3 is 2.29 bits per heavy atom. The normalized spacial score (nSPS) is 14.7. The minimum atomic E-state index is 0.850. The first kappa shape index (κ1) is 12.2. The molecule has 0 saturated heterocycles. The van der Waals surface area contributed by atoms with Gasteiger partial charge in [-0.05, 0) is 36.6 Å². The maximum Gasteiger partial charge on any atom is 0.122 e. The monoisotopic (exact) mass is 235 g/mol. The Labute approximate surface area is 103 Å². The van der Waals surface area contributed by atoms with Gasteiger partial charge in [-0.3, -0.25) is 0 Å². The van der Waals surface area contributed by atoms with Crippen LogP contribution < -0.4 is 14.8 Å². The van der Waals surface area contributed by atoms with Gasteiger partial charge in [-0.15, -0.1) is 0 Å². The van der Waals surface area contributed by atoms with Gasteiger partial charge >= 0.3 is 0 Å². The lowest BCUT2D eigenvalue weighted by molar-refractivity contribution is 0.393. The van der Waals surface area contributed by atoms with E-state index in [9.17, 15) is 0 Å². The smallest absolute Gasteiger partial charge is 0.122 e. The molecule has 0 aromatic heterocycles. The summed E-state index contributed by atoms with van der Waals surface area (Å²) in [5.41, 5.74) is 1.21. The van der Waals surface area contributed by atoms with Crippen molar-refractivity contribution in [2.75, 3.05) is 20.8 Å². The van der Waals surface area contributed by atoms with E-state index in [1.54, 1.807) is 14.2 Å². The van der Waals surface area contributed by atoms with Gasteiger partial charge in [0.05, 0.1) is 14.2 Å².